The Kier molecular flexibility index (Phi) is 6.54. The van der Waals surface area contributed by atoms with Crippen LogP contribution < -0.4 is 0 Å². The van der Waals surface area contributed by atoms with Crippen LogP contribution in [0.2, 0.25) is 0 Å². The third kappa shape index (κ3) is 5.86. The molecule has 0 aliphatic heterocycles. The normalized spacial score (nSPS) is 17.8. The van der Waals surface area contributed by atoms with Crippen molar-refractivity contribution >= 4 is 11.8 Å². The van der Waals surface area contributed by atoms with Crippen molar-refractivity contribution < 1.29 is 14.3 Å². The van der Waals surface area contributed by atoms with Crippen molar-refractivity contribution in [2.45, 2.75) is 65.4 Å². The molecule has 0 saturated heterocycles. The highest BCUT2D eigenvalue weighted by Crippen LogP contribution is 2.26. The molecule has 0 amide bonds. The number of rotatable bonds is 6. The summed E-state index contributed by atoms with van der Waals surface area (Å²) in [4.78, 5) is 22.9. The first-order valence-electron chi connectivity index (χ1n) is 7.15. The number of ketones is 1. The molecule has 0 radical (unpaired) electrons. The van der Waals surface area contributed by atoms with Gasteiger partial charge in [-0.25, -0.2) is 0 Å². The maximum atomic E-state index is 11.5. The van der Waals surface area contributed by atoms with Crippen LogP contribution in [0, 0.1) is 0 Å². The molecule has 3 heteroatoms. The van der Waals surface area contributed by atoms with Gasteiger partial charge in [-0.15, -0.1) is 0 Å². The van der Waals surface area contributed by atoms with Crippen molar-refractivity contribution in [2.24, 2.45) is 0 Å². The molecule has 0 heterocycles. The lowest BCUT2D eigenvalue weighted by Gasteiger charge is -2.16. The predicted molar refractivity (Wildman–Crippen MR) is 75.8 cm³/mol. The smallest absolute Gasteiger partial charge is 0.306 e. The van der Waals surface area contributed by atoms with E-state index < -0.39 is 0 Å². The van der Waals surface area contributed by atoms with Crippen LogP contribution in [0.5, 0.6) is 0 Å². The van der Waals surface area contributed by atoms with E-state index in [1.165, 1.54) is 5.57 Å². The number of hydrogen-bond donors (Lipinski definition) is 0. The molecule has 1 aliphatic rings. The summed E-state index contributed by atoms with van der Waals surface area (Å²) in [6.45, 7) is 5.80. The van der Waals surface area contributed by atoms with Gasteiger partial charge >= 0.3 is 5.97 Å². The van der Waals surface area contributed by atoms with Gasteiger partial charge < -0.3 is 4.74 Å². The van der Waals surface area contributed by atoms with E-state index in [1.807, 2.05) is 13.8 Å². The van der Waals surface area contributed by atoms with Crippen LogP contribution in [0.4, 0.5) is 0 Å². The first kappa shape index (κ1) is 15.7. The standard InChI is InChI=1S/C16H24O3/c1-4-6-13-9-10-15(17)11-14(13)7-5-8-16(18)19-12(2)3/h6,11-12H,4-5,7-10H2,1-3H3/b13-6+. The van der Waals surface area contributed by atoms with Gasteiger partial charge in [-0.1, -0.05) is 13.0 Å². The lowest BCUT2D eigenvalue weighted by molar-refractivity contribution is -0.147. The van der Waals surface area contributed by atoms with Gasteiger partial charge in [0.1, 0.15) is 0 Å². The molecule has 106 valence electrons. The van der Waals surface area contributed by atoms with E-state index in [4.69, 9.17) is 4.74 Å². The van der Waals surface area contributed by atoms with Crippen LogP contribution in [0.1, 0.15) is 59.3 Å². The first-order chi connectivity index (χ1) is 9.02. The number of allylic oxidation sites excluding steroid dienone is 4. The number of carbonyl (C=O) groups excluding carboxylic acids is 2. The third-order valence-electron chi connectivity index (χ3n) is 3.03. The van der Waals surface area contributed by atoms with E-state index in [1.54, 1.807) is 6.08 Å². The summed E-state index contributed by atoms with van der Waals surface area (Å²) in [6, 6.07) is 0. The zero-order chi connectivity index (χ0) is 14.3. The Balaban J connectivity index is 2.48. The molecule has 0 atom stereocenters. The Hall–Kier alpha value is -1.38. The molecule has 0 N–H and O–H groups in total. The fraction of sp³-hybridized carbons (Fsp3) is 0.625. The van der Waals surface area contributed by atoms with E-state index in [9.17, 15) is 9.59 Å². The maximum Gasteiger partial charge on any atom is 0.306 e. The van der Waals surface area contributed by atoms with Gasteiger partial charge in [0.2, 0.25) is 0 Å². The van der Waals surface area contributed by atoms with E-state index in [0.717, 1.165) is 31.3 Å². The molecule has 0 fully saturated rings. The fourth-order valence-electron chi connectivity index (χ4n) is 2.23. The molecule has 3 nitrogen and oxygen atoms in total. The van der Waals surface area contributed by atoms with Gasteiger partial charge in [0, 0.05) is 12.8 Å². The summed E-state index contributed by atoms with van der Waals surface area (Å²) < 4.78 is 5.10. The second-order valence-electron chi connectivity index (χ2n) is 5.17. The minimum Gasteiger partial charge on any atom is -0.463 e. The van der Waals surface area contributed by atoms with Gasteiger partial charge in [-0.2, -0.15) is 0 Å². The summed E-state index contributed by atoms with van der Waals surface area (Å²) in [7, 11) is 0. The Morgan fingerprint density at radius 2 is 2.16 bits per heavy atom. The summed E-state index contributed by atoms with van der Waals surface area (Å²) in [5.74, 6) is 0.0479. The zero-order valence-electron chi connectivity index (χ0n) is 12.2. The second kappa shape index (κ2) is 7.93. The molecule has 19 heavy (non-hydrogen) atoms. The number of ether oxygens (including phenoxy) is 1. The Labute approximate surface area is 115 Å². The highest BCUT2D eigenvalue weighted by molar-refractivity contribution is 5.92. The van der Waals surface area contributed by atoms with E-state index in [2.05, 4.69) is 13.0 Å². The molecule has 0 spiro atoms. The lowest BCUT2D eigenvalue weighted by Crippen LogP contribution is -2.11. The summed E-state index contributed by atoms with van der Waals surface area (Å²) >= 11 is 0. The molecular formula is C16H24O3. The summed E-state index contributed by atoms with van der Waals surface area (Å²) in [6.07, 6.45) is 8.26. The van der Waals surface area contributed by atoms with Crippen LogP contribution >= 0.6 is 0 Å². The molecule has 0 bridgehead atoms. The highest BCUT2D eigenvalue weighted by atomic mass is 16.5. The predicted octanol–water partition coefficient (Wildman–Crippen LogP) is 3.73. The minimum absolute atomic E-state index is 0.0569. The fourth-order valence-corrected chi connectivity index (χ4v) is 2.23. The van der Waals surface area contributed by atoms with Gasteiger partial charge in [0.05, 0.1) is 6.10 Å². The van der Waals surface area contributed by atoms with Gasteiger partial charge in [-0.05, 0) is 56.8 Å². The zero-order valence-corrected chi connectivity index (χ0v) is 12.2. The number of esters is 1. The number of carbonyl (C=O) groups is 2. The Morgan fingerprint density at radius 1 is 1.42 bits per heavy atom. The highest BCUT2D eigenvalue weighted by Gasteiger charge is 2.15. The van der Waals surface area contributed by atoms with E-state index >= 15 is 0 Å². The monoisotopic (exact) mass is 264 g/mol. The third-order valence-corrected chi connectivity index (χ3v) is 3.03. The van der Waals surface area contributed by atoms with Crippen molar-refractivity contribution in [1.29, 1.82) is 0 Å². The first-order valence-corrected chi connectivity index (χ1v) is 7.15. The Bertz CT molecular complexity index is 389. The molecular weight excluding hydrogens is 240 g/mol. The van der Waals surface area contributed by atoms with Crippen molar-refractivity contribution in [3.8, 4) is 0 Å². The van der Waals surface area contributed by atoms with E-state index in [-0.39, 0.29) is 17.9 Å². The molecule has 0 aromatic heterocycles. The van der Waals surface area contributed by atoms with Crippen LogP contribution in [-0.2, 0) is 14.3 Å². The molecule has 0 saturated carbocycles. The lowest BCUT2D eigenvalue weighted by atomic mass is 9.89. The summed E-state index contributed by atoms with van der Waals surface area (Å²) in [5, 5.41) is 0. The molecule has 0 aromatic rings. The van der Waals surface area contributed by atoms with E-state index in [0.29, 0.717) is 12.8 Å². The van der Waals surface area contributed by atoms with Crippen molar-refractivity contribution in [3.63, 3.8) is 0 Å². The van der Waals surface area contributed by atoms with Crippen LogP contribution in [0.25, 0.3) is 0 Å². The second-order valence-corrected chi connectivity index (χ2v) is 5.17. The summed E-state index contributed by atoms with van der Waals surface area (Å²) in [5.41, 5.74) is 2.38. The largest absolute Gasteiger partial charge is 0.463 e. The van der Waals surface area contributed by atoms with Crippen molar-refractivity contribution in [1.82, 2.24) is 0 Å². The SMILES string of the molecule is CC/C=C1\CCC(=O)C=C1CCCC(=O)OC(C)C. The molecule has 1 aliphatic carbocycles. The van der Waals surface area contributed by atoms with Crippen molar-refractivity contribution in [2.75, 3.05) is 0 Å². The quantitative estimate of drug-likeness (QED) is 0.686. The number of hydrogen-bond acceptors (Lipinski definition) is 3. The van der Waals surface area contributed by atoms with Crippen molar-refractivity contribution in [3.05, 3.63) is 23.3 Å². The van der Waals surface area contributed by atoms with Crippen LogP contribution in [-0.4, -0.2) is 17.9 Å². The minimum atomic E-state index is -0.154. The van der Waals surface area contributed by atoms with Crippen LogP contribution in [0.3, 0.4) is 0 Å². The van der Waals surface area contributed by atoms with Gasteiger partial charge in [0.25, 0.3) is 0 Å². The average molecular weight is 264 g/mol. The Morgan fingerprint density at radius 3 is 2.79 bits per heavy atom. The molecule has 0 aromatic carbocycles. The average Bonchev–Trinajstić information content (AvgIpc) is 2.31. The molecule has 1 rings (SSSR count). The molecule has 0 unspecified atom stereocenters. The van der Waals surface area contributed by atoms with Crippen LogP contribution in [0.15, 0.2) is 23.3 Å². The maximum absolute atomic E-state index is 11.5. The van der Waals surface area contributed by atoms with Gasteiger partial charge in [-0.3, -0.25) is 9.59 Å². The topological polar surface area (TPSA) is 43.4 Å². The van der Waals surface area contributed by atoms with Gasteiger partial charge in [0.15, 0.2) is 5.78 Å².